The number of rotatable bonds is 7. The van der Waals surface area contributed by atoms with Gasteiger partial charge in [-0.3, -0.25) is 9.97 Å². The molecule has 0 atom stereocenters. The summed E-state index contributed by atoms with van der Waals surface area (Å²) in [7, 11) is -1.98. The van der Waals surface area contributed by atoms with Gasteiger partial charge < -0.3 is 16.0 Å². The lowest BCUT2D eigenvalue weighted by Gasteiger charge is -2.15. The Balaban J connectivity index is 0.000000139. The highest BCUT2D eigenvalue weighted by molar-refractivity contribution is 8.15. The molecule has 8 aromatic rings. The van der Waals surface area contributed by atoms with Gasteiger partial charge in [0, 0.05) is 52.2 Å². The Labute approximate surface area is 352 Å². The minimum Gasteiger partial charge on any atom is -0.339 e. The van der Waals surface area contributed by atoms with E-state index in [1.54, 1.807) is 36.3 Å². The van der Waals surface area contributed by atoms with Crippen molar-refractivity contribution in [2.24, 2.45) is 0 Å². The van der Waals surface area contributed by atoms with Crippen LogP contribution in [0.1, 0.15) is 33.6 Å². The van der Waals surface area contributed by atoms with Crippen molar-refractivity contribution in [3.8, 4) is 0 Å². The van der Waals surface area contributed by atoms with Gasteiger partial charge >= 0.3 is 0 Å². The lowest BCUT2D eigenvalue weighted by atomic mass is 10.2. The lowest BCUT2D eigenvalue weighted by Crippen LogP contribution is -2.25. The lowest BCUT2D eigenvalue weighted by molar-refractivity contribution is 0.431. The highest BCUT2D eigenvalue weighted by Crippen LogP contribution is 2.35. The number of sulfonamides is 1. The van der Waals surface area contributed by atoms with Gasteiger partial charge in [0.05, 0.1) is 52.7 Å². The molecule has 0 unspecified atom stereocenters. The van der Waals surface area contributed by atoms with Crippen LogP contribution in [0.5, 0.6) is 0 Å². The minimum absolute atomic E-state index is 0.235. The minimum atomic E-state index is -3.57. The van der Waals surface area contributed by atoms with Crippen molar-refractivity contribution in [2.75, 3.05) is 10.6 Å². The molecule has 8 heterocycles. The number of para-hydroxylation sites is 2. The number of benzene rings is 2. The number of hydrogen-bond donors (Lipinski definition) is 3. The maximum Gasteiger partial charge on any atom is 0.270 e. The molecule has 14 nitrogen and oxygen atoms in total. The van der Waals surface area contributed by atoms with Crippen LogP contribution < -0.4 is 16.0 Å². The molecular formula is C40H35ClN10O4S4. The van der Waals surface area contributed by atoms with Crippen molar-refractivity contribution in [1.82, 2.24) is 39.5 Å². The second-order valence-corrected chi connectivity index (χ2v) is 20.2. The maximum atomic E-state index is 13.1. The number of hydrogen-bond acceptors (Lipinski definition) is 15. The van der Waals surface area contributed by atoms with Crippen LogP contribution in [0.25, 0.3) is 21.8 Å². The van der Waals surface area contributed by atoms with Gasteiger partial charge in [-0.15, -0.1) is 22.7 Å². The smallest absolute Gasteiger partial charge is 0.270 e. The van der Waals surface area contributed by atoms with Crippen molar-refractivity contribution in [3.63, 3.8) is 0 Å². The fourth-order valence-corrected chi connectivity index (χ4v) is 11.9. The Bertz CT molecular complexity index is 3050. The van der Waals surface area contributed by atoms with E-state index in [-0.39, 0.29) is 17.3 Å². The van der Waals surface area contributed by atoms with E-state index < -0.39 is 19.1 Å². The van der Waals surface area contributed by atoms with Crippen LogP contribution in [0.2, 0.25) is 0 Å². The fraction of sp³-hybridized carbons (Fsp3) is 0.150. The number of fused-ring (bicyclic) bond motifs is 4. The van der Waals surface area contributed by atoms with Crippen LogP contribution in [0, 0.1) is 13.8 Å². The zero-order chi connectivity index (χ0) is 41.1. The number of aryl methyl sites for hydroxylation is 2. The summed E-state index contributed by atoms with van der Waals surface area (Å²) in [5.41, 5.74) is 8.82. The van der Waals surface area contributed by atoms with Crippen molar-refractivity contribution in [2.45, 2.75) is 48.4 Å². The number of aromatic nitrogens is 6. The summed E-state index contributed by atoms with van der Waals surface area (Å²) in [5.74, 6) is 1.46. The fourth-order valence-electron chi connectivity index (χ4n) is 6.53. The summed E-state index contributed by atoms with van der Waals surface area (Å²) in [6.45, 7) is 5.61. The number of halogens is 1. The first-order valence-electron chi connectivity index (χ1n) is 18.1. The quantitative estimate of drug-likeness (QED) is 0.130. The summed E-state index contributed by atoms with van der Waals surface area (Å²) < 4.78 is 49.6. The molecule has 2 aliphatic heterocycles. The van der Waals surface area contributed by atoms with Crippen molar-refractivity contribution >= 4 is 97.2 Å². The predicted octanol–water partition coefficient (Wildman–Crippen LogP) is 8.20. The molecule has 59 heavy (non-hydrogen) atoms. The normalized spacial score (nSPS) is 13.5. The van der Waals surface area contributed by atoms with E-state index in [2.05, 4.69) is 58.0 Å². The summed E-state index contributed by atoms with van der Waals surface area (Å²) >= 11 is 2.38. The first-order chi connectivity index (χ1) is 28.4. The van der Waals surface area contributed by atoms with E-state index in [4.69, 9.17) is 10.7 Å². The van der Waals surface area contributed by atoms with Crippen LogP contribution in [0.4, 0.5) is 23.0 Å². The molecule has 2 aliphatic rings. The van der Waals surface area contributed by atoms with Crippen LogP contribution in [0.15, 0.2) is 117 Å². The van der Waals surface area contributed by atoms with Gasteiger partial charge in [-0.2, -0.15) is 4.31 Å². The van der Waals surface area contributed by atoms with E-state index in [1.165, 1.54) is 22.0 Å². The van der Waals surface area contributed by atoms with Crippen LogP contribution >= 0.6 is 33.4 Å². The van der Waals surface area contributed by atoms with Crippen LogP contribution in [-0.4, -0.2) is 51.0 Å². The Morgan fingerprint density at radius 3 is 1.73 bits per heavy atom. The van der Waals surface area contributed by atoms with Crippen molar-refractivity contribution in [1.29, 1.82) is 0 Å². The Kier molecular flexibility index (Phi) is 11.6. The Morgan fingerprint density at radius 1 is 0.644 bits per heavy atom. The zero-order valence-electron chi connectivity index (χ0n) is 31.5. The van der Waals surface area contributed by atoms with E-state index in [0.29, 0.717) is 21.3 Å². The van der Waals surface area contributed by atoms with Gasteiger partial charge in [0.1, 0.15) is 32.7 Å². The first kappa shape index (κ1) is 40.3. The van der Waals surface area contributed by atoms with Gasteiger partial charge in [-0.05, 0) is 72.1 Å². The van der Waals surface area contributed by atoms with Gasteiger partial charge in [0.25, 0.3) is 19.1 Å². The standard InChI is InChI=1S/C20H17N5O2S2.C15H13N5.C5H5ClO2S2/c1-13-6-7-28-20(13)29(26,27)25-10-16-18(11-25)22-12-23-19(16)24-15-8-14-4-2-3-5-17(14)21-9-15;1-2-4-13-10(3-1)5-11(6-17-13)20-15-12-7-16-8-14(12)18-9-19-15;1-4-2-3-9-5(4)10(6,7)8/h2-9,12H,10-11H2,1H3,(H,22,23,24);1-6,9,16H,7-8H2,(H,18,19,20);2-3H,1H3. The molecule has 0 spiro atoms. The highest BCUT2D eigenvalue weighted by atomic mass is 35.7. The largest absolute Gasteiger partial charge is 0.339 e. The Hall–Kier alpha value is -5.47. The second kappa shape index (κ2) is 17.0. The average molecular weight is 884 g/mol. The summed E-state index contributed by atoms with van der Waals surface area (Å²) in [6, 6.07) is 23.5. The second-order valence-electron chi connectivity index (χ2n) is 13.5. The predicted molar refractivity (Wildman–Crippen MR) is 232 cm³/mol. The summed E-state index contributed by atoms with van der Waals surface area (Å²) in [4.78, 5) is 26.2. The molecular weight excluding hydrogens is 848 g/mol. The number of thiophene rings is 2. The Morgan fingerprint density at radius 2 is 1.19 bits per heavy atom. The van der Waals surface area contributed by atoms with E-state index in [0.717, 1.165) is 85.8 Å². The molecule has 300 valence electrons. The molecule has 0 aliphatic carbocycles. The maximum absolute atomic E-state index is 13.1. The average Bonchev–Trinajstić information content (AvgIpc) is 4.06. The number of nitrogens with one attached hydrogen (secondary N) is 3. The molecule has 0 saturated carbocycles. The summed E-state index contributed by atoms with van der Waals surface area (Å²) in [6.07, 6.45) is 6.64. The molecule has 2 aromatic carbocycles. The monoisotopic (exact) mass is 882 g/mol. The molecule has 19 heteroatoms. The third-order valence-corrected chi connectivity index (χ3v) is 16.2. The SMILES string of the molecule is Cc1ccsc1S(=O)(=O)Cl.Cc1ccsc1S(=O)(=O)N1Cc2ncnc(Nc3cnc4ccccc4c3)c2C1.c1ccc2ncc(Nc3ncnc4c3CNC4)cc2c1. The third kappa shape index (κ3) is 8.93. The zero-order valence-corrected chi connectivity index (χ0v) is 35.5. The van der Waals surface area contributed by atoms with Crippen LogP contribution in [0.3, 0.4) is 0 Å². The van der Waals surface area contributed by atoms with Crippen molar-refractivity contribution < 1.29 is 16.8 Å². The topological polar surface area (TPSA) is 185 Å². The van der Waals surface area contributed by atoms with Crippen molar-refractivity contribution in [3.05, 3.63) is 142 Å². The van der Waals surface area contributed by atoms with Gasteiger partial charge in [-0.1, -0.05) is 36.4 Å². The molecule has 0 amide bonds. The van der Waals surface area contributed by atoms with E-state index in [1.807, 2.05) is 67.7 Å². The molecule has 0 radical (unpaired) electrons. The highest BCUT2D eigenvalue weighted by Gasteiger charge is 2.35. The molecule has 0 saturated heterocycles. The molecule has 0 bridgehead atoms. The molecule has 3 N–H and O–H groups in total. The van der Waals surface area contributed by atoms with Gasteiger partial charge in [0.15, 0.2) is 0 Å². The molecule has 6 aromatic heterocycles. The molecule has 10 rings (SSSR count). The number of pyridine rings is 2. The van der Waals surface area contributed by atoms with E-state index >= 15 is 0 Å². The number of anilines is 4. The van der Waals surface area contributed by atoms with Gasteiger partial charge in [-0.25, -0.2) is 36.8 Å². The van der Waals surface area contributed by atoms with Gasteiger partial charge in [0.2, 0.25) is 0 Å². The summed E-state index contributed by atoms with van der Waals surface area (Å²) in [5, 5.41) is 15.5. The molecule has 0 fully saturated rings. The first-order valence-corrected chi connectivity index (χ1v) is 23.6. The van der Waals surface area contributed by atoms with Crippen LogP contribution in [-0.2, 0) is 45.3 Å². The number of nitrogens with zero attached hydrogens (tertiary/aromatic N) is 7. The third-order valence-electron chi connectivity index (χ3n) is 9.46. The van der Waals surface area contributed by atoms with E-state index in [9.17, 15) is 16.8 Å².